The van der Waals surface area contributed by atoms with E-state index in [4.69, 9.17) is 4.74 Å². The summed E-state index contributed by atoms with van der Waals surface area (Å²) in [5.41, 5.74) is 1.62. The standard InChI is InChI=1S/C21H22N4O2/c1-27-18-6-10-23-20(14-18)24-17-7-11-25(12-8-17)21(26)16-4-5-19-15(13-16)3-2-9-22-19/h2-6,9-10,13-14,17H,7-8,11-12H2,1H3,(H,23,24). The van der Waals surface area contributed by atoms with Crippen LogP contribution in [-0.4, -0.2) is 47.0 Å². The molecule has 1 amide bonds. The van der Waals surface area contributed by atoms with Crippen LogP contribution < -0.4 is 10.1 Å². The fraction of sp³-hybridized carbons (Fsp3) is 0.286. The number of nitrogens with one attached hydrogen (secondary N) is 1. The van der Waals surface area contributed by atoms with Crippen molar-refractivity contribution in [2.24, 2.45) is 0 Å². The number of benzene rings is 1. The topological polar surface area (TPSA) is 67.3 Å². The van der Waals surface area contributed by atoms with Gasteiger partial charge >= 0.3 is 0 Å². The first-order chi connectivity index (χ1) is 13.2. The third kappa shape index (κ3) is 3.84. The SMILES string of the molecule is COc1ccnc(NC2CCN(C(=O)c3ccc4ncccc4c3)CC2)c1. The molecule has 1 aromatic carbocycles. The predicted molar refractivity (Wildman–Crippen MR) is 105 cm³/mol. The Morgan fingerprint density at radius 2 is 1.96 bits per heavy atom. The van der Waals surface area contributed by atoms with Crippen LogP contribution in [0.15, 0.2) is 54.9 Å². The number of hydrogen-bond acceptors (Lipinski definition) is 5. The van der Waals surface area contributed by atoms with Crippen molar-refractivity contribution in [1.29, 1.82) is 0 Å². The fourth-order valence-electron chi connectivity index (χ4n) is 3.44. The van der Waals surface area contributed by atoms with E-state index in [-0.39, 0.29) is 5.91 Å². The van der Waals surface area contributed by atoms with Crippen LogP contribution in [0.2, 0.25) is 0 Å². The molecule has 6 heteroatoms. The molecule has 3 heterocycles. The van der Waals surface area contributed by atoms with E-state index in [1.165, 1.54) is 0 Å². The molecule has 0 aliphatic carbocycles. The Bertz CT molecular complexity index is 952. The number of pyridine rings is 2. The number of amides is 1. The van der Waals surface area contributed by atoms with Gasteiger partial charge in [0.05, 0.1) is 12.6 Å². The number of carbonyl (C=O) groups excluding carboxylic acids is 1. The van der Waals surface area contributed by atoms with Gasteiger partial charge in [-0.15, -0.1) is 0 Å². The lowest BCUT2D eigenvalue weighted by molar-refractivity contribution is 0.0718. The van der Waals surface area contributed by atoms with Gasteiger partial charge in [-0.3, -0.25) is 9.78 Å². The van der Waals surface area contributed by atoms with E-state index in [1.807, 2.05) is 47.4 Å². The van der Waals surface area contributed by atoms with Crippen LogP contribution in [0, 0.1) is 0 Å². The minimum absolute atomic E-state index is 0.0821. The molecule has 0 radical (unpaired) electrons. The summed E-state index contributed by atoms with van der Waals surface area (Å²) in [6.07, 6.45) is 5.27. The van der Waals surface area contributed by atoms with Crippen molar-refractivity contribution in [3.05, 3.63) is 60.4 Å². The maximum Gasteiger partial charge on any atom is 0.253 e. The summed E-state index contributed by atoms with van der Waals surface area (Å²) in [6, 6.07) is 13.6. The summed E-state index contributed by atoms with van der Waals surface area (Å²) < 4.78 is 5.23. The fourth-order valence-corrected chi connectivity index (χ4v) is 3.44. The Kier molecular flexibility index (Phi) is 4.87. The number of nitrogens with zero attached hydrogens (tertiary/aromatic N) is 3. The van der Waals surface area contributed by atoms with Gasteiger partial charge in [0.15, 0.2) is 0 Å². The second-order valence-corrected chi connectivity index (χ2v) is 6.70. The van der Waals surface area contributed by atoms with Gasteiger partial charge < -0.3 is 15.0 Å². The summed E-state index contributed by atoms with van der Waals surface area (Å²) in [6.45, 7) is 1.46. The molecule has 0 atom stereocenters. The molecule has 27 heavy (non-hydrogen) atoms. The van der Waals surface area contributed by atoms with Gasteiger partial charge in [0, 0.05) is 48.5 Å². The number of rotatable bonds is 4. The summed E-state index contributed by atoms with van der Waals surface area (Å²) >= 11 is 0. The predicted octanol–water partition coefficient (Wildman–Crippen LogP) is 3.36. The molecule has 3 aromatic rings. The molecule has 1 aliphatic rings. The second kappa shape index (κ2) is 7.61. The summed E-state index contributed by atoms with van der Waals surface area (Å²) in [7, 11) is 1.64. The Balaban J connectivity index is 1.38. The molecular weight excluding hydrogens is 340 g/mol. The maximum atomic E-state index is 12.8. The molecule has 1 N–H and O–H groups in total. The quantitative estimate of drug-likeness (QED) is 0.771. The van der Waals surface area contributed by atoms with Crippen LogP contribution in [0.3, 0.4) is 0 Å². The van der Waals surface area contributed by atoms with Crippen LogP contribution >= 0.6 is 0 Å². The highest BCUT2D eigenvalue weighted by molar-refractivity contribution is 5.98. The Morgan fingerprint density at radius 3 is 2.78 bits per heavy atom. The number of anilines is 1. The van der Waals surface area contributed by atoms with Crippen molar-refractivity contribution < 1.29 is 9.53 Å². The number of fused-ring (bicyclic) bond motifs is 1. The third-order valence-electron chi connectivity index (χ3n) is 4.95. The normalized spacial score (nSPS) is 14.9. The van der Waals surface area contributed by atoms with Crippen molar-refractivity contribution in [2.45, 2.75) is 18.9 Å². The molecule has 4 rings (SSSR count). The third-order valence-corrected chi connectivity index (χ3v) is 4.95. The maximum absolute atomic E-state index is 12.8. The number of aromatic nitrogens is 2. The van der Waals surface area contributed by atoms with E-state index in [1.54, 1.807) is 19.5 Å². The lowest BCUT2D eigenvalue weighted by Gasteiger charge is -2.32. The van der Waals surface area contributed by atoms with E-state index in [0.29, 0.717) is 6.04 Å². The monoisotopic (exact) mass is 362 g/mol. The van der Waals surface area contributed by atoms with Gasteiger partial charge in [-0.05, 0) is 43.2 Å². The van der Waals surface area contributed by atoms with Crippen molar-refractivity contribution >= 4 is 22.6 Å². The second-order valence-electron chi connectivity index (χ2n) is 6.70. The molecule has 1 aliphatic heterocycles. The molecule has 138 valence electrons. The van der Waals surface area contributed by atoms with E-state index >= 15 is 0 Å². The number of piperidine rings is 1. The van der Waals surface area contributed by atoms with Gasteiger partial charge in [0.25, 0.3) is 5.91 Å². The first-order valence-electron chi connectivity index (χ1n) is 9.13. The molecule has 0 spiro atoms. The number of ether oxygens (including phenoxy) is 1. The number of methoxy groups -OCH3 is 1. The minimum atomic E-state index is 0.0821. The molecule has 1 saturated heterocycles. The molecule has 1 fully saturated rings. The van der Waals surface area contributed by atoms with Crippen LogP contribution in [0.4, 0.5) is 5.82 Å². The summed E-state index contributed by atoms with van der Waals surface area (Å²) in [5, 5.41) is 4.43. The van der Waals surface area contributed by atoms with Crippen molar-refractivity contribution in [3.63, 3.8) is 0 Å². The lowest BCUT2D eigenvalue weighted by Crippen LogP contribution is -2.42. The van der Waals surface area contributed by atoms with Crippen LogP contribution in [0.1, 0.15) is 23.2 Å². The highest BCUT2D eigenvalue weighted by Crippen LogP contribution is 2.21. The van der Waals surface area contributed by atoms with E-state index in [2.05, 4.69) is 15.3 Å². The van der Waals surface area contributed by atoms with E-state index < -0.39 is 0 Å². The van der Waals surface area contributed by atoms with Gasteiger partial charge in [-0.2, -0.15) is 0 Å². The zero-order chi connectivity index (χ0) is 18.6. The smallest absolute Gasteiger partial charge is 0.253 e. The van der Waals surface area contributed by atoms with Crippen LogP contribution in [0.25, 0.3) is 10.9 Å². The number of likely N-dealkylation sites (tertiary alicyclic amines) is 1. The Morgan fingerprint density at radius 1 is 1.11 bits per heavy atom. The highest BCUT2D eigenvalue weighted by Gasteiger charge is 2.24. The van der Waals surface area contributed by atoms with E-state index in [9.17, 15) is 4.79 Å². The Labute approximate surface area is 158 Å². The molecule has 0 saturated carbocycles. The summed E-state index contributed by atoms with van der Waals surface area (Å²) in [5.74, 6) is 1.67. The van der Waals surface area contributed by atoms with Crippen molar-refractivity contribution in [2.75, 3.05) is 25.5 Å². The van der Waals surface area contributed by atoms with E-state index in [0.717, 1.165) is 54.0 Å². The molecular formula is C21H22N4O2. The lowest BCUT2D eigenvalue weighted by atomic mass is 10.0. The number of carbonyl (C=O) groups is 1. The molecule has 6 nitrogen and oxygen atoms in total. The minimum Gasteiger partial charge on any atom is -0.497 e. The Hall–Kier alpha value is -3.15. The first-order valence-corrected chi connectivity index (χ1v) is 9.13. The van der Waals surface area contributed by atoms with Crippen molar-refractivity contribution in [1.82, 2.24) is 14.9 Å². The van der Waals surface area contributed by atoms with Gasteiger partial charge in [0.1, 0.15) is 11.6 Å². The van der Waals surface area contributed by atoms with Crippen LogP contribution in [-0.2, 0) is 0 Å². The average molecular weight is 362 g/mol. The zero-order valence-corrected chi connectivity index (χ0v) is 15.3. The van der Waals surface area contributed by atoms with Gasteiger partial charge in [0.2, 0.25) is 0 Å². The number of hydrogen-bond donors (Lipinski definition) is 1. The summed E-state index contributed by atoms with van der Waals surface area (Å²) in [4.78, 5) is 23.4. The van der Waals surface area contributed by atoms with Gasteiger partial charge in [-0.25, -0.2) is 4.98 Å². The van der Waals surface area contributed by atoms with Crippen molar-refractivity contribution in [3.8, 4) is 5.75 Å². The van der Waals surface area contributed by atoms with Gasteiger partial charge in [-0.1, -0.05) is 6.07 Å². The van der Waals surface area contributed by atoms with Crippen LogP contribution in [0.5, 0.6) is 5.75 Å². The molecule has 2 aromatic heterocycles. The highest BCUT2D eigenvalue weighted by atomic mass is 16.5. The molecule has 0 bridgehead atoms. The first kappa shape index (κ1) is 17.3. The largest absolute Gasteiger partial charge is 0.497 e. The zero-order valence-electron chi connectivity index (χ0n) is 15.3. The molecule has 0 unspecified atom stereocenters. The average Bonchev–Trinajstić information content (AvgIpc) is 2.73.